The first-order chi connectivity index (χ1) is 7.61. The minimum Gasteiger partial charge on any atom is -0.287 e. The highest BCUT2D eigenvalue weighted by Gasteiger charge is 2.37. The van der Waals surface area contributed by atoms with E-state index in [2.05, 4.69) is 4.99 Å². The van der Waals surface area contributed by atoms with Crippen LogP contribution in [0.4, 0.5) is 0 Å². The van der Waals surface area contributed by atoms with Crippen LogP contribution in [0.1, 0.15) is 23.2 Å². The van der Waals surface area contributed by atoms with Crippen LogP contribution in [0.3, 0.4) is 0 Å². The normalized spacial score (nSPS) is 19.0. The van der Waals surface area contributed by atoms with E-state index in [9.17, 15) is 4.79 Å². The molecule has 2 rings (SSSR count). The van der Waals surface area contributed by atoms with E-state index in [0.29, 0.717) is 18.5 Å². The minimum atomic E-state index is -1.13. The molecular weight excluding hydrogens is 245 g/mol. The van der Waals surface area contributed by atoms with Gasteiger partial charge in [0.25, 0.3) is 0 Å². The number of benzene rings is 1. The molecule has 1 aliphatic heterocycles. The van der Waals surface area contributed by atoms with Crippen LogP contribution in [-0.2, 0) is 0 Å². The van der Waals surface area contributed by atoms with Gasteiger partial charge in [0.2, 0.25) is 5.78 Å². The van der Waals surface area contributed by atoms with Crippen molar-refractivity contribution in [1.82, 2.24) is 0 Å². The Labute approximate surface area is 104 Å². The molecule has 0 aliphatic carbocycles. The third-order valence-electron chi connectivity index (χ3n) is 2.52. The van der Waals surface area contributed by atoms with E-state index in [1.165, 1.54) is 0 Å². The third-order valence-corrected chi connectivity index (χ3v) is 3.25. The van der Waals surface area contributed by atoms with E-state index in [1.54, 1.807) is 24.3 Å². The van der Waals surface area contributed by atoms with Gasteiger partial charge in [0, 0.05) is 12.1 Å². The Bertz CT molecular complexity index is 426. The summed E-state index contributed by atoms with van der Waals surface area (Å²) in [6.07, 6.45) is 1.39. The molecular formula is C12H11Cl2NO. The van der Waals surface area contributed by atoms with Gasteiger partial charge >= 0.3 is 0 Å². The number of hydrogen-bond donors (Lipinski definition) is 0. The molecule has 2 nitrogen and oxygen atoms in total. The van der Waals surface area contributed by atoms with E-state index in [-0.39, 0.29) is 11.5 Å². The lowest BCUT2D eigenvalue weighted by Gasteiger charge is -2.24. The molecule has 0 unspecified atom stereocenters. The summed E-state index contributed by atoms with van der Waals surface area (Å²) in [4.78, 5) is 16.3. The molecule has 1 aliphatic rings. The molecule has 0 fully saturated rings. The van der Waals surface area contributed by atoms with Gasteiger partial charge < -0.3 is 0 Å². The zero-order valence-electron chi connectivity index (χ0n) is 8.62. The fourth-order valence-corrected chi connectivity index (χ4v) is 2.25. The largest absolute Gasteiger partial charge is 0.287 e. The molecule has 4 heteroatoms. The van der Waals surface area contributed by atoms with Gasteiger partial charge in [-0.15, -0.1) is 0 Å². The second-order valence-electron chi connectivity index (χ2n) is 3.73. The first-order valence-electron chi connectivity index (χ1n) is 5.14. The van der Waals surface area contributed by atoms with Crippen LogP contribution in [0.25, 0.3) is 0 Å². The van der Waals surface area contributed by atoms with Crippen LogP contribution in [0.15, 0.2) is 35.3 Å². The molecule has 0 bridgehead atoms. The van der Waals surface area contributed by atoms with Crippen LogP contribution >= 0.6 is 23.2 Å². The zero-order chi connectivity index (χ0) is 11.6. The van der Waals surface area contributed by atoms with E-state index in [0.717, 1.165) is 6.42 Å². The zero-order valence-corrected chi connectivity index (χ0v) is 10.1. The molecule has 0 radical (unpaired) electrons. The maximum atomic E-state index is 12.1. The van der Waals surface area contributed by atoms with Gasteiger partial charge in [0.15, 0.2) is 4.33 Å². The Hall–Kier alpha value is -0.860. The van der Waals surface area contributed by atoms with E-state index < -0.39 is 4.33 Å². The number of alkyl halides is 2. The number of nitrogens with zero attached hydrogens (tertiary/aromatic N) is 1. The summed E-state index contributed by atoms with van der Waals surface area (Å²) in [5, 5.41) is 0. The standard InChI is InChI=1S/C12H11Cl2NO/c13-12(14)7-4-8-15-11(12)10(16)9-5-2-1-3-6-9/h1-3,5-6H,4,7-8H2. The number of hydrogen-bond acceptors (Lipinski definition) is 2. The number of carbonyl (C=O) groups is 1. The van der Waals surface area contributed by atoms with Gasteiger partial charge in [-0.2, -0.15) is 0 Å². The predicted octanol–water partition coefficient (Wildman–Crippen LogP) is 3.28. The maximum absolute atomic E-state index is 12.1. The Balaban J connectivity index is 2.32. The van der Waals surface area contributed by atoms with E-state index in [1.807, 2.05) is 6.07 Å². The highest BCUT2D eigenvalue weighted by atomic mass is 35.5. The number of halogens is 2. The summed E-state index contributed by atoms with van der Waals surface area (Å²) >= 11 is 12.2. The van der Waals surface area contributed by atoms with Crippen molar-refractivity contribution in [3.63, 3.8) is 0 Å². The SMILES string of the molecule is O=C(C1=NCCCC1(Cl)Cl)c1ccccc1. The van der Waals surface area contributed by atoms with Crippen molar-refractivity contribution in [2.24, 2.45) is 4.99 Å². The minimum absolute atomic E-state index is 0.176. The second kappa shape index (κ2) is 4.56. The fraction of sp³-hybridized carbons (Fsp3) is 0.333. The van der Waals surface area contributed by atoms with Crippen molar-refractivity contribution in [2.75, 3.05) is 6.54 Å². The van der Waals surface area contributed by atoms with Crippen LogP contribution in [0, 0.1) is 0 Å². The lowest BCUT2D eigenvalue weighted by Crippen LogP contribution is -2.36. The first kappa shape index (κ1) is 11.6. The Morgan fingerprint density at radius 3 is 2.56 bits per heavy atom. The lowest BCUT2D eigenvalue weighted by molar-refractivity contribution is 0.106. The molecule has 16 heavy (non-hydrogen) atoms. The smallest absolute Gasteiger partial charge is 0.209 e. The lowest BCUT2D eigenvalue weighted by atomic mass is 9.99. The molecule has 0 saturated carbocycles. The highest BCUT2D eigenvalue weighted by molar-refractivity contribution is 6.70. The molecule has 1 heterocycles. The van der Waals surface area contributed by atoms with Gasteiger partial charge in [0.05, 0.1) is 0 Å². The molecule has 84 valence electrons. The monoisotopic (exact) mass is 255 g/mol. The predicted molar refractivity (Wildman–Crippen MR) is 66.7 cm³/mol. The van der Waals surface area contributed by atoms with Crippen molar-refractivity contribution in [3.05, 3.63) is 35.9 Å². The Morgan fingerprint density at radius 2 is 1.94 bits per heavy atom. The van der Waals surface area contributed by atoms with Crippen molar-refractivity contribution in [1.29, 1.82) is 0 Å². The third kappa shape index (κ3) is 2.28. The second-order valence-corrected chi connectivity index (χ2v) is 5.22. The summed E-state index contributed by atoms with van der Waals surface area (Å²) in [5.74, 6) is -0.176. The maximum Gasteiger partial charge on any atom is 0.209 e. The van der Waals surface area contributed by atoms with Gasteiger partial charge in [-0.05, 0) is 12.8 Å². The van der Waals surface area contributed by atoms with E-state index in [4.69, 9.17) is 23.2 Å². The molecule has 0 N–H and O–H groups in total. The summed E-state index contributed by atoms with van der Waals surface area (Å²) < 4.78 is -1.13. The molecule has 0 atom stereocenters. The number of rotatable bonds is 2. The van der Waals surface area contributed by atoms with Gasteiger partial charge in [0.1, 0.15) is 5.71 Å². The Kier molecular flexibility index (Phi) is 3.31. The Morgan fingerprint density at radius 1 is 1.25 bits per heavy atom. The summed E-state index contributed by atoms with van der Waals surface area (Å²) in [6, 6.07) is 8.95. The average Bonchev–Trinajstić information content (AvgIpc) is 2.29. The van der Waals surface area contributed by atoms with Crippen molar-refractivity contribution < 1.29 is 4.79 Å². The van der Waals surface area contributed by atoms with Crippen molar-refractivity contribution in [2.45, 2.75) is 17.2 Å². The van der Waals surface area contributed by atoms with Gasteiger partial charge in [-0.1, -0.05) is 53.5 Å². The fourth-order valence-electron chi connectivity index (χ4n) is 1.69. The van der Waals surface area contributed by atoms with Crippen molar-refractivity contribution in [3.8, 4) is 0 Å². The molecule has 1 aromatic carbocycles. The number of ketones is 1. The molecule has 0 aromatic heterocycles. The summed E-state index contributed by atoms with van der Waals surface area (Å²) in [5.41, 5.74) is 0.849. The number of carbonyl (C=O) groups excluding carboxylic acids is 1. The van der Waals surface area contributed by atoms with Crippen LogP contribution < -0.4 is 0 Å². The molecule has 0 saturated heterocycles. The molecule has 0 spiro atoms. The summed E-state index contributed by atoms with van der Waals surface area (Å²) in [7, 11) is 0. The summed E-state index contributed by atoms with van der Waals surface area (Å²) in [6.45, 7) is 0.620. The highest BCUT2D eigenvalue weighted by Crippen LogP contribution is 2.33. The molecule has 0 amide bonds. The quantitative estimate of drug-likeness (QED) is 0.589. The van der Waals surface area contributed by atoms with Crippen molar-refractivity contribution >= 4 is 34.7 Å². The first-order valence-corrected chi connectivity index (χ1v) is 5.89. The number of aliphatic imine (C=N–C) groups is 1. The van der Waals surface area contributed by atoms with E-state index >= 15 is 0 Å². The topological polar surface area (TPSA) is 29.4 Å². The van der Waals surface area contributed by atoms with Crippen LogP contribution in [0.5, 0.6) is 0 Å². The average molecular weight is 256 g/mol. The van der Waals surface area contributed by atoms with Gasteiger partial charge in [-0.3, -0.25) is 9.79 Å². The van der Waals surface area contributed by atoms with Crippen LogP contribution in [-0.4, -0.2) is 22.4 Å². The number of Topliss-reactive ketones (excluding diaryl/α,β-unsaturated/α-hetero) is 1. The van der Waals surface area contributed by atoms with Crippen LogP contribution in [0.2, 0.25) is 0 Å². The molecule has 1 aromatic rings. The van der Waals surface area contributed by atoms with Gasteiger partial charge in [-0.25, -0.2) is 0 Å².